The van der Waals surface area contributed by atoms with Gasteiger partial charge in [0.15, 0.2) is 0 Å². The molecule has 0 saturated carbocycles. The lowest BCUT2D eigenvalue weighted by atomic mass is 9.98. The molecule has 3 rings (SSSR count). The van der Waals surface area contributed by atoms with Gasteiger partial charge in [-0.1, -0.05) is 30.3 Å². The standard InChI is InChI=1S/C16H14IN3/c17-14-5-1-3-12(9-14)16(20-18)13-7-6-11-4-2-8-19-15(11)10-13/h1-10,16,20H,18H2. The summed E-state index contributed by atoms with van der Waals surface area (Å²) in [7, 11) is 0. The van der Waals surface area contributed by atoms with E-state index in [2.05, 4.69) is 75.5 Å². The van der Waals surface area contributed by atoms with Gasteiger partial charge in [0.2, 0.25) is 0 Å². The number of nitrogens with zero attached hydrogens (tertiary/aromatic N) is 1. The predicted octanol–water partition coefficient (Wildman–Crippen LogP) is 3.39. The molecule has 1 atom stereocenters. The second kappa shape index (κ2) is 5.87. The van der Waals surface area contributed by atoms with Crippen LogP contribution in [-0.2, 0) is 0 Å². The van der Waals surface area contributed by atoms with Gasteiger partial charge in [-0.2, -0.15) is 0 Å². The number of fused-ring (bicyclic) bond motifs is 1. The Morgan fingerprint density at radius 1 is 1.00 bits per heavy atom. The van der Waals surface area contributed by atoms with Crippen molar-refractivity contribution < 1.29 is 0 Å². The third-order valence-electron chi connectivity index (χ3n) is 3.31. The first kappa shape index (κ1) is 13.5. The lowest BCUT2D eigenvalue weighted by Gasteiger charge is -2.17. The van der Waals surface area contributed by atoms with Crippen molar-refractivity contribution in [1.82, 2.24) is 10.4 Å². The highest BCUT2D eigenvalue weighted by atomic mass is 127. The zero-order valence-corrected chi connectivity index (χ0v) is 12.9. The SMILES string of the molecule is NNC(c1cccc(I)c1)c1ccc2cccnc2c1. The highest BCUT2D eigenvalue weighted by Gasteiger charge is 2.13. The van der Waals surface area contributed by atoms with E-state index in [9.17, 15) is 0 Å². The molecule has 2 aromatic carbocycles. The molecule has 3 aromatic rings. The molecule has 100 valence electrons. The van der Waals surface area contributed by atoms with Crippen molar-refractivity contribution in [1.29, 1.82) is 0 Å². The maximum atomic E-state index is 5.76. The summed E-state index contributed by atoms with van der Waals surface area (Å²) in [5.41, 5.74) is 6.14. The molecule has 0 radical (unpaired) electrons. The number of hydrazine groups is 1. The minimum atomic E-state index is -0.0314. The quantitative estimate of drug-likeness (QED) is 0.419. The summed E-state index contributed by atoms with van der Waals surface area (Å²) in [6.07, 6.45) is 1.81. The highest BCUT2D eigenvalue weighted by molar-refractivity contribution is 14.1. The fourth-order valence-corrected chi connectivity index (χ4v) is 2.90. The first-order valence-corrected chi connectivity index (χ1v) is 7.42. The van der Waals surface area contributed by atoms with Crippen LogP contribution in [0, 0.1) is 3.57 Å². The summed E-state index contributed by atoms with van der Waals surface area (Å²) >= 11 is 2.31. The van der Waals surface area contributed by atoms with Gasteiger partial charge in [-0.15, -0.1) is 0 Å². The van der Waals surface area contributed by atoms with Crippen LogP contribution in [0.15, 0.2) is 60.8 Å². The molecule has 1 aromatic heterocycles. The fourth-order valence-electron chi connectivity index (χ4n) is 2.33. The van der Waals surface area contributed by atoms with Gasteiger partial charge < -0.3 is 0 Å². The summed E-state index contributed by atoms with van der Waals surface area (Å²) < 4.78 is 1.19. The van der Waals surface area contributed by atoms with E-state index in [1.807, 2.05) is 18.3 Å². The third-order valence-corrected chi connectivity index (χ3v) is 3.98. The summed E-state index contributed by atoms with van der Waals surface area (Å²) in [6, 6.07) is 18.5. The largest absolute Gasteiger partial charge is 0.271 e. The molecule has 1 unspecified atom stereocenters. The van der Waals surface area contributed by atoms with E-state index in [-0.39, 0.29) is 6.04 Å². The zero-order chi connectivity index (χ0) is 13.9. The van der Waals surface area contributed by atoms with Crippen LogP contribution < -0.4 is 11.3 Å². The average Bonchev–Trinajstić information content (AvgIpc) is 2.48. The summed E-state index contributed by atoms with van der Waals surface area (Å²) in [5, 5.41) is 1.13. The minimum Gasteiger partial charge on any atom is -0.271 e. The Morgan fingerprint density at radius 2 is 1.85 bits per heavy atom. The number of halogens is 1. The second-order valence-electron chi connectivity index (χ2n) is 4.61. The average molecular weight is 375 g/mol. The Bertz CT molecular complexity index is 742. The second-order valence-corrected chi connectivity index (χ2v) is 5.86. The number of hydrogen-bond acceptors (Lipinski definition) is 3. The first-order valence-electron chi connectivity index (χ1n) is 6.34. The molecule has 0 aliphatic heterocycles. The van der Waals surface area contributed by atoms with Gasteiger partial charge in [0.1, 0.15) is 0 Å². The van der Waals surface area contributed by atoms with E-state index < -0.39 is 0 Å². The molecular formula is C16H14IN3. The smallest absolute Gasteiger partial charge is 0.0711 e. The Labute approximate surface area is 131 Å². The van der Waals surface area contributed by atoms with Gasteiger partial charge in [0.05, 0.1) is 11.6 Å². The highest BCUT2D eigenvalue weighted by Crippen LogP contribution is 2.25. The van der Waals surface area contributed by atoms with Crippen LogP contribution >= 0.6 is 22.6 Å². The molecule has 1 heterocycles. The molecule has 0 saturated heterocycles. The van der Waals surface area contributed by atoms with Crippen molar-refractivity contribution in [3.8, 4) is 0 Å². The molecule has 0 bridgehead atoms. The van der Waals surface area contributed by atoms with Crippen LogP contribution in [0.1, 0.15) is 17.2 Å². The van der Waals surface area contributed by atoms with Gasteiger partial charge in [0.25, 0.3) is 0 Å². The monoisotopic (exact) mass is 375 g/mol. The molecule has 0 spiro atoms. The summed E-state index contributed by atoms with van der Waals surface area (Å²) in [6.45, 7) is 0. The lowest BCUT2D eigenvalue weighted by molar-refractivity contribution is 0.637. The van der Waals surface area contributed by atoms with E-state index >= 15 is 0 Å². The number of aromatic nitrogens is 1. The van der Waals surface area contributed by atoms with Crippen LogP contribution in [0.25, 0.3) is 10.9 Å². The van der Waals surface area contributed by atoms with Crippen molar-refractivity contribution in [3.05, 3.63) is 75.5 Å². The molecule has 4 heteroatoms. The van der Waals surface area contributed by atoms with Crippen molar-refractivity contribution >= 4 is 33.5 Å². The van der Waals surface area contributed by atoms with Crippen molar-refractivity contribution in [2.45, 2.75) is 6.04 Å². The van der Waals surface area contributed by atoms with Crippen LogP contribution in [0.5, 0.6) is 0 Å². The Morgan fingerprint density at radius 3 is 2.65 bits per heavy atom. The van der Waals surface area contributed by atoms with E-state index in [0.29, 0.717) is 0 Å². The predicted molar refractivity (Wildman–Crippen MR) is 90.1 cm³/mol. The normalized spacial score (nSPS) is 12.5. The van der Waals surface area contributed by atoms with Crippen molar-refractivity contribution in [3.63, 3.8) is 0 Å². The molecule has 0 aliphatic carbocycles. The van der Waals surface area contributed by atoms with E-state index in [4.69, 9.17) is 5.84 Å². The lowest BCUT2D eigenvalue weighted by Crippen LogP contribution is -2.28. The molecule has 0 fully saturated rings. The molecule has 0 amide bonds. The summed E-state index contributed by atoms with van der Waals surface area (Å²) in [4.78, 5) is 4.40. The van der Waals surface area contributed by atoms with Gasteiger partial charge >= 0.3 is 0 Å². The van der Waals surface area contributed by atoms with E-state index in [0.717, 1.165) is 22.0 Å². The molecular weight excluding hydrogens is 361 g/mol. The van der Waals surface area contributed by atoms with Crippen LogP contribution in [0.4, 0.5) is 0 Å². The van der Waals surface area contributed by atoms with Crippen LogP contribution in [0.2, 0.25) is 0 Å². The van der Waals surface area contributed by atoms with Crippen LogP contribution in [0.3, 0.4) is 0 Å². The zero-order valence-electron chi connectivity index (χ0n) is 10.8. The number of benzene rings is 2. The van der Waals surface area contributed by atoms with Gasteiger partial charge in [0, 0.05) is 15.2 Å². The Kier molecular flexibility index (Phi) is 3.95. The number of nitrogens with one attached hydrogen (secondary N) is 1. The molecule has 0 aliphatic rings. The van der Waals surface area contributed by atoms with Gasteiger partial charge in [-0.25, -0.2) is 5.43 Å². The topological polar surface area (TPSA) is 50.9 Å². The van der Waals surface area contributed by atoms with E-state index in [1.165, 1.54) is 3.57 Å². The molecule has 3 nitrogen and oxygen atoms in total. The van der Waals surface area contributed by atoms with Crippen molar-refractivity contribution in [2.75, 3.05) is 0 Å². The van der Waals surface area contributed by atoms with E-state index in [1.54, 1.807) is 0 Å². The maximum Gasteiger partial charge on any atom is 0.0711 e. The van der Waals surface area contributed by atoms with Crippen molar-refractivity contribution in [2.24, 2.45) is 5.84 Å². The number of nitrogens with two attached hydrogens (primary N) is 1. The number of pyridine rings is 1. The molecule has 20 heavy (non-hydrogen) atoms. The first-order chi connectivity index (χ1) is 9.78. The van der Waals surface area contributed by atoms with Crippen LogP contribution in [-0.4, -0.2) is 4.98 Å². The number of hydrogen-bond donors (Lipinski definition) is 2. The maximum absolute atomic E-state index is 5.76. The Hall–Kier alpha value is -1.50. The molecule has 3 N–H and O–H groups in total. The number of rotatable bonds is 3. The summed E-state index contributed by atoms with van der Waals surface area (Å²) in [5.74, 6) is 5.76. The minimum absolute atomic E-state index is 0.0314. The van der Waals surface area contributed by atoms with Gasteiger partial charge in [-0.3, -0.25) is 10.8 Å². The Balaban J connectivity index is 2.07. The fraction of sp³-hybridized carbons (Fsp3) is 0.0625. The van der Waals surface area contributed by atoms with Gasteiger partial charge in [-0.05, 0) is 58.0 Å². The third kappa shape index (κ3) is 2.67.